The summed E-state index contributed by atoms with van der Waals surface area (Å²) in [5, 5.41) is 9.64. The lowest BCUT2D eigenvalue weighted by molar-refractivity contribution is -0.110. The smallest absolute Gasteiger partial charge is 0.0653 e. The lowest BCUT2D eigenvalue weighted by Crippen LogP contribution is -2.42. The largest absolute Gasteiger partial charge is 0.393 e. The van der Waals surface area contributed by atoms with Gasteiger partial charge in [-0.1, -0.05) is 26.2 Å². The summed E-state index contributed by atoms with van der Waals surface area (Å²) in [7, 11) is 0. The van der Waals surface area contributed by atoms with Gasteiger partial charge in [0.05, 0.1) is 12.2 Å². The quantitative estimate of drug-likeness (QED) is 0.701. The van der Waals surface area contributed by atoms with E-state index in [0.717, 1.165) is 19.4 Å². The molecule has 0 radical (unpaired) electrons. The highest BCUT2D eigenvalue weighted by molar-refractivity contribution is 4.89. The van der Waals surface area contributed by atoms with Gasteiger partial charge in [0.15, 0.2) is 0 Å². The monoisotopic (exact) mass is 198 g/mol. The topological polar surface area (TPSA) is 29.5 Å². The predicted molar refractivity (Wildman–Crippen MR) is 56.2 cm³/mol. The van der Waals surface area contributed by atoms with Crippen molar-refractivity contribution in [3.8, 4) is 0 Å². The summed E-state index contributed by atoms with van der Waals surface area (Å²) in [5.41, 5.74) is 0.347. The second kappa shape index (κ2) is 4.19. The molecule has 0 unspecified atom stereocenters. The van der Waals surface area contributed by atoms with E-state index in [1.54, 1.807) is 0 Å². The standard InChI is InChI=1S/C12H22O2/c1-12(6-3-2-4-7-12)11-9-10(13)5-8-14-11/h10-11,13H,2-9H2,1H3/t10-,11-/m0/s1. The first-order valence-electron chi connectivity index (χ1n) is 6.00. The van der Waals surface area contributed by atoms with Crippen molar-refractivity contribution in [1.82, 2.24) is 0 Å². The Kier molecular flexibility index (Phi) is 3.13. The van der Waals surface area contributed by atoms with Gasteiger partial charge >= 0.3 is 0 Å². The van der Waals surface area contributed by atoms with Gasteiger partial charge in [-0.15, -0.1) is 0 Å². The molecule has 0 aromatic carbocycles. The Morgan fingerprint density at radius 2 is 1.93 bits per heavy atom. The molecule has 1 heterocycles. The molecule has 2 nitrogen and oxygen atoms in total. The molecule has 0 spiro atoms. The SMILES string of the molecule is CC1([C@@H]2C[C@@H](O)CCO2)CCCCC1. The van der Waals surface area contributed by atoms with Crippen LogP contribution in [0.4, 0.5) is 0 Å². The fourth-order valence-electron chi connectivity index (χ4n) is 2.95. The maximum absolute atomic E-state index is 9.64. The van der Waals surface area contributed by atoms with E-state index in [-0.39, 0.29) is 6.10 Å². The van der Waals surface area contributed by atoms with Crippen molar-refractivity contribution in [1.29, 1.82) is 0 Å². The first kappa shape index (κ1) is 10.4. The molecule has 82 valence electrons. The van der Waals surface area contributed by atoms with Crippen molar-refractivity contribution in [3.63, 3.8) is 0 Å². The summed E-state index contributed by atoms with van der Waals surface area (Å²) >= 11 is 0. The van der Waals surface area contributed by atoms with Crippen molar-refractivity contribution in [2.45, 2.75) is 64.1 Å². The molecule has 0 aromatic rings. The third-order valence-corrected chi connectivity index (χ3v) is 4.03. The molecule has 2 atom stereocenters. The van der Waals surface area contributed by atoms with Crippen LogP contribution in [0.1, 0.15) is 51.9 Å². The fourth-order valence-corrected chi connectivity index (χ4v) is 2.95. The van der Waals surface area contributed by atoms with Gasteiger partial charge in [0.25, 0.3) is 0 Å². The number of ether oxygens (including phenoxy) is 1. The van der Waals surface area contributed by atoms with E-state index >= 15 is 0 Å². The predicted octanol–water partition coefficient (Wildman–Crippen LogP) is 2.50. The summed E-state index contributed by atoms with van der Waals surface area (Å²) in [6.45, 7) is 3.09. The normalized spacial score (nSPS) is 38.1. The summed E-state index contributed by atoms with van der Waals surface area (Å²) in [5.74, 6) is 0. The Hall–Kier alpha value is -0.0800. The lowest BCUT2D eigenvalue weighted by Gasteiger charge is -2.43. The molecule has 2 heteroatoms. The fraction of sp³-hybridized carbons (Fsp3) is 1.00. The third-order valence-electron chi connectivity index (χ3n) is 4.03. The summed E-state index contributed by atoms with van der Waals surface area (Å²) < 4.78 is 5.83. The molecule has 2 rings (SSSR count). The molecule has 1 saturated carbocycles. The Bertz CT molecular complexity index is 185. The molecule has 1 aliphatic heterocycles. The first-order valence-corrected chi connectivity index (χ1v) is 6.00. The highest BCUT2D eigenvalue weighted by Gasteiger charge is 2.38. The van der Waals surface area contributed by atoms with Gasteiger partial charge in [0.2, 0.25) is 0 Å². The highest BCUT2D eigenvalue weighted by atomic mass is 16.5. The number of aliphatic hydroxyl groups excluding tert-OH is 1. The summed E-state index contributed by atoms with van der Waals surface area (Å²) in [6.07, 6.45) is 8.50. The molecular formula is C12H22O2. The number of rotatable bonds is 1. The minimum atomic E-state index is -0.118. The second-order valence-corrected chi connectivity index (χ2v) is 5.25. The van der Waals surface area contributed by atoms with E-state index in [0.29, 0.717) is 11.5 Å². The first-order chi connectivity index (χ1) is 6.71. The van der Waals surface area contributed by atoms with E-state index in [2.05, 4.69) is 6.92 Å². The molecule has 1 N–H and O–H groups in total. The Labute approximate surface area is 86.6 Å². The average molecular weight is 198 g/mol. The maximum atomic E-state index is 9.64. The van der Waals surface area contributed by atoms with Crippen LogP contribution in [0.5, 0.6) is 0 Å². The zero-order chi connectivity index (χ0) is 10.0. The van der Waals surface area contributed by atoms with Crippen molar-refractivity contribution in [3.05, 3.63) is 0 Å². The lowest BCUT2D eigenvalue weighted by atomic mass is 9.70. The van der Waals surface area contributed by atoms with E-state index in [9.17, 15) is 5.11 Å². The van der Waals surface area contributed by atoms with Crippen LogP contribution >= 0.6 is 0 Å². The van der Waals surface area contributed by atoms with Crippen LogP contribution in [0.15, 0.2) is 0 Å². The zero-order valence-corrected chi connectivity index (χ0v) is 9.17. The van der Waals surface area contributed by atoms with Crippen LogP contribution < -0.4 is 0 Å². The van der Waals surface area contributed by atoms with Gasteiger partial charge < -0.3 is 9.84 Å². The van der Waals surface area contributed by atoms with Crippen LogP contribution in [0, 0.1) is 5.41 Å². The molecule has 0 amide bonds. The van der Waals surface area contributed by atoms with Crippen molar-refractivity contribution in [2.24, 2.45) is 5.41 Å². The molecule has 1 aliphatic carbocycles. The van der Waals surface area contributed by atoms with E-state index in [1.807, 2.05) is 0 Å². The van der Waals surface area contributed by atoms with Crippen molar-refractivity contribution >= 4 is 0 Å². The highest BCUT2D eigenvalue weighted by Crippen LogP contribution is 2.42. The Balaban J connectivity index is 1.97. The molecule has 2 fully saturated rings. The molecule has 14 heavy (non-hydrogen) atoms. The average Bonchev–Trinajstić information content (AvgIpc) is 2.19. The second-order valence-electron chi connectivity index (χ2n) is 5.25. The maximum Gasteiger partial charge on any atom is 0.0653 e. The number of hydrogen-bond acceptors (Lipinski definition) is 2. The van der Waals surface area contributed by atoms with Crippen LogP contribution in [0.3, 0.4) is 0 Å². The molecular weight excluding hydrogens is 176 g/mol. The molecule has 1 saturated heterocycles. The minimum absolute atomic E-state index is 0.118. The van der Waals surface area contributed by atoms with Gasteiger partial charge in [-0.25, -0.2) is 0 Å². The molecule has 0 bridgehead atoms. The zero-order valence-electron chi connectivity index (χ0n) is 9.17. The van der Waals surface area contributed by atoms with E-state index < -0.39 is 0 Å². The number of aliphatic hydroxyl groups is 1. The van der Waals surface area contributed by atoms with Gasteiger partial charge in [0, 0.05) is 13.0 Å². The van der Waals surface area contributed by atoms with E-state index in [4.69, 9.17) is 4.74 Å². The van der Waals surface area contributed by atoms with Gasteiger partial charge in [-0.2, -0.15) is 0 Å². The number of hydrogen-bond donors (Lipinski definition) is 1. The van der Waals surface area contributed by atoms with Crippen LogP contribution in [-0.2, 0) is 4.74 Å². The van der Waals surface area contributed by atoms with Crippen LogP contribution in [0.25, 0.3) is 0 Å². The van der Waals surface area contributed by atoms with Gasteiger partial charge in [-0.05, 0) is 24.7 Å². The van der Waals surface area contributed by atoms with Gasteiger partial charge in [0.1, 0.15) is 0 Å². The molecule has 2 aliphatic rings. The Morgan fingerprint density at radius 1 is 1.21 bits per heavy atom. The van der Waals surface area contributed by atoms with Gasteiger partial charge in [-0.3, -0.25) is 0 Å². The molecule has 0 aromatic heterocycles. The summed E-state index contributed by atoms with van der Waals surface area (Å²) in [4.78, 5) is 0. The summed E-state index contributed by atoms with van der Waals surface area (Å²) in [6, 6.07) is 0. The van der Waals surface area contributed by atoms with Crippen molar-refractivity contribution < 1.29 is 9.84 Å². The van der Waals surface area contributed by atoms with Crippen LogP contribution in [-0.4, -0.2) is 23.9 Å². The minimum Gasteiger partial charge on any atom is -0.393 e. The third kappa shape index (κ3) is 2.12. The van der Waals surface area contributed by atoms with E-state index in [1.165, 1.54) is 32.1 Å². The van der Waals surface area contributed by atoms with Crippen LogP contribution in [0.2, 0.25) is 0 Å². The Morgan fingerprint density at radius 3 is 2.57 bits per heavy atom. The van der Waals surface area contributed by atoms with Crippen molar-refractivity contribution in [2.75, 3.05) is 6.61 Å².